The molecule has 1 aliphatic heterocycles. The van der Waals surface area contributed by atoms with Crippen molar-refractivity contribution in [1.82, 2.24) is 29.2 Å². The highest BCUT2D eigenvalue weighted by Gasteiger charge is 2.32. The van der Waals surface area contributed by atoms with Crippen LogP contribution in [-0.2, 0) is 20.1 Å². The van der Waals surface area contributed by atoms with Crippen LogP contribution in [-0.4, -0.2) is 41.7 Å². The Morgan fingerprint density at radius 2 is 2.00 bits per heavy atom. The van der Waals surface area contributed by atoms with E-state index in [-0.39, 0.29) is 11.8 Å². The predicted octanol–water partition coefficient (Wildman–Crippen LogP) is 2.85. The summed E-state index contributed by atoms with van der Waals surface area (Å²) in [6.45, 7) is 1.85. The average Bonchev–Trinajstić information content (AvgIpc) is 3.42. The summed E-state index contributed by atoms with van der Waals surface area (Å²) in [5, 5.41) is 4.15. The van der Waals surface area contributed by atoms with Crippen LogP contribution in [0.25, 0.3) is 0 Å². The number of hydrogen-bond donors (Lipinski definition) is 0. The van der Waals surface area contributed by atoms with Gasteiger partial charge in [0.1, 0.15) is 11.5 Å². The topological polar surface area (TPSA) is 68.8 Å². The second-order valence-electron chi connectivity index (χ2n) is 7.55. The number of carbonyl (C=O) groups is 1. The van der Waals surface area contributed by atoms with E-state index in [4.69, 9.17) is 4.98 Å². The lowest BCUT2D eigenvalue weighted by atomic mass is 9.88. The number of aryl methyl sites for hydroxylation is 1. The predicted molar refractivity (Wildman–Crippen MR) is 112 cm³/mol. The molecule has 0 bridgehead atoms. The molecule has 0 spiro atoms. The number of benzene rings is 1. The third kappa shape index (κ3) is 3.28. The number of carbonyl (C=O) groups excluding carboxylic acids is 1. The van der Waals surface area contributed by atoms with Crippen LogP contribution in [0.15, 0.2) is 73.4 Å². The van der Waals surface area contributed by atoms with Crippen LogP contribution in [0.1, 0.15) is 38.9 Å². The van der Waals surface area contributed by atoms with Crippen molar-refractivity contribution in [3.63, 3.8) is 0 Å². The van der Waals surface area contributed by atoms with Gasteiger partial charge in [0.25, 0.3) is 5.91 Å². The number of amides is 1. The fraction of sp³-hybridized carbons (Fsp3) is 0.217. The van der Waals surface area contributed by atoms with Crippen molar-refractivity contribution in [2.24, 2.45) is 7.05 Å². The Hall–Kier alpha value is -3.74. The Morgan fingerprint density at radius 1 is 1.10 bits per heavy atom. The maximum Gasteiger partial charge on any atom is 0.272 e. The van der Waals surface area contributed by atoms with Crippen LogP contribution < -0.4 is 0 Å². The summed E-state index contributed by atoms with van der Waals surface area (Å²) in [7, 11) is 1.79. The van der Waals surface area contributed by atoms with Crippen LogP contribution in [0.5, 0.6) is 0 Å². The molecule has 0 aliphatic carbocycles. The molecule has 1 aromatic carbocycles. The number of fused-ring (bicyclic) bond motifs is 1. The van der Waals surface area contributed by atoms with E-state index in [2.05, 4.69) is 38.9 Å². The summed E-state index contributed by atoms with van der Waals surface area (Å²) in [5.41, 5.74) is 4.08. The number of hydrogen-bond acceptors (Lipinski definition) is 4. The SMILES string of the molecule is Cn1nccc1C(=O)N1Cc2ccccc2C(c2nccn2Cc2cccnc2)C1. The molecule has 5 rings (SSSR count). The van der Waals surface area contributed by atoms with Crippen molar-refractivity contribution >= 4 is 5.91 Å². The molecule has 0 N–H and O–H groups in total. The van der Waals surface area contributed by atoms with E-state index in [0.29, 0.717) is 25.3 Å². The quantitative estimate of drug-likeness (QED) is 0.530. The lowest BCUT2D eigenvalue weighted by Crippen LogP contribution is -2.40. The molecule has 1 amide bonds. The highest BCUT2D eigenvalue weighted by atomic mass is 16.2. The fourth-order valence-electron chi connectivity index (χ4n) is 4.18. The van der Waals surface area contributed by atoms with E-state index in [1.165, 1.54) is 5.56 Å². The molecule has 3 aromatic heterocycles. The van der Waals surface area contributed by atoms with E-state index in [9.17, 15) is 4.79 Å². The maximum atomic E-state index is 13.2. The first-order valence-electron chi connectivity index (χ1n) is 9.95. The van der Waals surface area contributed by atoms with Crippen LogP contribution in [0.2, 0.25) is 0 Å². The van der Waals surface area contributed by atoms with Crippen molar-refractivity contribution in [3.05, 3.63) is 102 Å². The number of pyridine rings is 1. The molecule has 0 radical (unpaired) electrons. The molecule has 0 saturated carbocycles. The first kappa shape index (κ1) is 18.3. The van der Waals surface area contributed by atoms with E-state index in [1.54, 1.807) is 30.2 Å². The third-order valence-corrected chi connectivity index (χ3v) is 5.66. The molecule has 1 unspecified atom stereocenters. The molecule has 1 aliphatic rings. The number of imidazole rings is 1. The van der Waals surface area contributed by atoms with Crippen LogP contribution in [0.3, 0.4) is 0 Å². The second kappa shape index (κ2) is 7.59. The lowest BCUT2D eigenvalue weighted by molar-refractivity contribution is 0.0711. The van der Waals surface area contributed by atoms with Gasteiger partial charge >= 0.3 is 0 Å². The molecule has 150 valence electrons. The molecule has 7 heteroatoms. The molecular weight excluding hydrogens is 376 g/mol. The molecule has 4 aromatic rings. The normalized spacial score (nSPS) is 15.8. The molecule has 1 atom stereocenters. The Kier molecular flexibility index (Phi) is 4.63. The number of nitrogens with zero attached hydrogens (tertiary/aromatic N) is 6. The van der Waals surface area contributed by atoms with E-state index < -0.39 is 0 Å². The summed E-state index contributed by atoms with van der Waals surface area (Å²) in [6, 6.07) is 14.1. The van der Waals surface area contributed by atoms with Gasteiger partial charge < -0.3 is 9.47 Å². The zero-order valence-corrected chi connectivity index (χ0v) is 16.7. The Bertz CT molecular complexity index is 1180. The highest BCUT2D eigenvalue weighted by Crippen LogP contribution is 2.33. The van der Waals surface area contributed by atoms with Crippen LogP contribution >= 0.6 is 0 Å². The highest BCUT2D eigenvalue weighted by molar-refractivity contribution is 5.92. The number of aromatic nitrogens is 5. The van der Waals surface area contributed by atoms with Gasteiger partial charge in [-0.1, -0.05) is 30.3 Å². The van der Waals surface area contributed by atoms with Gasteiger partial charge in [-0.05, 0) is 28.8 Å². The Balaban J connectivity index is 1.51. The molecule has 7 nitrogen and oxygen atoms in total. The summed E-state index contributed by atoms with van der Waals surface area (Å²) in [4.78, 5) is 24.0. The molecule has 0 saturated heterocycles. The summed E-state index contributed by atoms with van der Waals surface area (Å²) >= 11 is 0. The summed E-state index contributed by atoms with van der Waals surface area (Å²) in [6.07, 6.45) is 9.13. The van der Waals surface area contributed by atoms with Gasteiger partial charge in [0.05, 0.1) is 12.5 Å². The fourth-order valence-corrected chi connectivity index (χ4v) is 4.18. The van der Waals surface area contributed by atoms with Crippen molar-refractivity contribution in [3.8, 4) is 0 Å². The largest absolute Gasteiger partial charge is 0.332 e. The van der Waals surface area contributed by atoms with E-state index >= 15 is 0 Å². The van der Waals surface area contributed by atoms with Crippen LogP contribution in [0, 0.1) is 0 Å². The van der Waals surface area contributed by atoms with Crippen molar-refractivity contribution in [2.45, 2.75) is 19.0 Å². The summed E-state index contributed by atoms with van der Waals surface area (Å²) < 4.78 is 3.78. The number of rotatable bonds is 4. The standard InChI is InChI=1S/C23H22N6O/c1-27-21(8-10-26-27)23(30)29-15-18-6-2-3-7-19(18)20(16-29)22-25-11-12-28(22)14-17-5-4-9-24-13-17/h2-13,20H,14-16H2,1H3. The zero-order chi connectivity index (χ0) is 20.5. The summed E-state index contributed by atoms with van der Waals surface area (Å²) in [5.74, 6) is 0.937. The van der Waals surface area contributed by atoms with Crippen molar-refractivity contribution in [2.75, 3.05) is 6.54 Å². The van der Waals surface area contributed by atoms with E-state index in [0.717, 1.165) is 17.0 Å². The van der Waals surface area contributed by atoms with Gasteiger partial charge in [-0.3, -0.25) is 14.5 Å². The lowest BCUT2D eigenvalue weighted by Gasteiger charge is -2.34. The first-order chi connectivity index (χ1) is 14.7. The minimum Gasteiger partial charge on any atom is -0.332 e. The molecule has 4 heterocycles. The van der Waals surface area contributed by atoms with Gasteiger partial charge in [-0.2, -0.15) is 5.10 Å². The van der Waals surface area contributed by atoms with Gasteiger partial charge in [0.2, 0.25) is 0 Å². The van der Waals surface area contributed by atoms with Gasteiger partial charge in [0.15, 0.2) is 0 Å². The monoisotopic (exact) mass is 398 g/mol. The molecular formula is C23H22N6O. The molecule has 30 heavy (non-hydrogen) atoms. The molecule has 0 fully saturated rings. The Morgan fingerprint density at radius 3 is 2.80 bits per heavy atom. The Labute approximate surface area is 174 Å². The van der Waals surface area contributed by atoms with E-state index in [1.807, 2.05) is 35.6 Å². The smallest absolute Gasteiger partial charge is 0.272 e. The van der Waals surface area contributed by atoms with Gasteiger partial charge in [-0.25, -0.2) is 4.98 Å². The zero-order valence-electron chi connectivity index (χ0n) is 16.7. The first-order valence-corrected chi connectivity index (χ1v) is 9.95. The van der Waals surface area contributed by atoms with Crippen molar-refractivity contribution in [1.29, 1.82) is 0 Å². The second-order valence-corrected chi connectivity index (χ2v) is 7.55. The minimum atomic E-state index is -0.0140. The maximum absolute atomic E-state index is 13.2. The third-order valence-electron chi connectivity index (χ3n) is 5.66. The van der Waals surface area contributed by atoms with Gasteiger partial charge in [-0.15, -0.1) is 0 Å². The van der Waals surface area contributed by atoms with Crippen LogP contribution in [0.4, 0.5) is 0 Å². The van der Waals surface area contributed by atoms with Gasteiger partial charge in [0, 0.05) is 51.1 Å². The minimum absolute atomic E-state index is 0.00111. The van der Waals surface area contributed by atoms with Crippen molar-refractivity contribution < 1.29 is 4.79 Å². The average molecular weight is 398 g/mol.